The van der Waals surface area contributed by atoms with Crippen molar-refractivity contribution in [3.8, 4) is 0 Å². The van der Waals surface area contributed by atoms with Gasteiger partial charge in [0.25, 0.3) is 0 Å². The van der Waals surface area contributed by atoms with Crippen molar-refractivity contribution >= 4 is 11.6 Å². The highest BCUT2D eigenvalue weighted by atomic mass is 19.4. The van der Waals surface area contributed by atoms with Crippen molar-refractivity contribution in [3.63, 3.8) is 0 Å². The Balaban J connectivity index is 1.63. The van der Waals surface area contributed by atoms with E-state index in [2.05, 4.69) is 16.1 Å². The Morgan fingerprint density at radius 2 is 1.87 bits per heavy atom. The van der Waals surface area contributed by atoms with Crippen LogP contribution in [0.25, 0.3) is 0 Å². The maximum atomic E-state index is 13.1. The fourth-order valence-corrected chi connectivity index (χ4v) is 3.55. The molecule has 0 aliphatic carbocycles. The van der Waals surface area contributed by atoms with Crippen LogP contribution in [-0.2, 0) is 24.1 Å². The Labute approximate surface area is 171 Å². The van der Waals surface area contributed by atoms with Gasteiger partial charge in [-0.1, -0.05) is 29.8 Å². The summed E-state index contributed by atoms with van der Waals surface area (Å²) in [7, 11) is 0. The standard InChI is InChI=1S/C19H22F3N5O3/c1-13-4-3-5-15(10-13)11-24-6-8-25(9-7-24)16(28)12-26-14(2)17(27(29)30)18(23-26)19(20,21)22/h3-5,10H,6-9,11-12H2,1-2H3. The molecule has 8 nitrogen and oxygen atoms in total. The fourth-order valence-electron chi connectivity index (χ4n) is 3.55. The SMILES string of the molecule is Cc1cccc(CN2CCN(C(=O)Cn3nc(C(F)(F)F)c([N+](=O)[O-])c3C)CC2)c1. The molecule has 0 bridgehead atoms. The number of carbonyl (C=O) groups excluding carboxylic acids is 1. The molecule has 11 heteroatoms. The van der Waals surface area contributed by atoms with Gasteiger partial charge in [0.05, 0.1) is 4.92 Å². The number of hydrogen-bond donors (Lipinski definition) is 0. The number of carbonyl (C=O) groups is 1. The van der Waals surface area contributed by atoms with Gasteiger partial charge in [-0.3, -0.25) is 24.5 Å². The van der Waals surface area contributed by atoms with Gasteiger partial charge in [-0.2, -0.15) is 18.3 Å². The summed E-state index contributed by atoms with van der Waals surface area (Å²) in [5.74, 6) is -0.417. The smallest absolute Gasteiger partial charge is 0.339 e. The molecule has 1 fully saturated rings. The third-order valence-corrected chi connectivity index (χ3v) is 5.12. The summed E-state index contributed by atoms with van der Waals surface area (Å²) in [5, 5.41) is 14.4. The molecule has 0 spiro atoms. The normalized spacial score (nSPS) is 15.4. The van der Waals surface area contributed by atoms with Gasteiger partial charge >= 0.3 is 11.9 Å². The van der Waals surface area contributed by atoms with Crippen LogP contribution in [0.3, 0.4) is 0 Å². The minimum Gasteiger partial charge on any atom is -0.339 e. The summed E-state index contributed by atoms with van der Waals surface area (Å²) in [5.41, 5.74) is -0.644. The zero-order valence-corrected chi connectivity index (χ0v) is 16.6. The quantitative estimate of drug-likeness (QED) is 0.543. The molecule has 1 aliphatic rings. The summed E-state index contributed by atoms with van der Waals surface area (Å²) in [6, 6.07) is 8.15. The summed E-state index contributed by atoms with van der Waals surface area (Å²) >= 11 is 0. The Hall–Kier alpha value is -2.95. The molecular formula is C19H22F3N5O3. The third-order valence-electron chi connectivity index (χ3n) is 5.12. The van der Waals surface area contributed by atoms with Crippen molar-refractivity contribution in [3.05, 3.63) is 56.9 Å². The van der Waals surface area contributed by atoms with Crippen molar-refractivity contribution in [2.75, 3.05) is 26.2 Å². The van der Waals surface area contributed by atoms with Crippen molar-refractivity contribution in [1.29, 1.82) is 0 Å². The maximum Gasteiger partial charge on any atom is 0.442 e. The van der Waals surface area contributed by atoms with E-state index in [0.29, 0.717) is 26.2 Å². The van der Waals surface area contributed by atoms with E-state index in [1.807, 2.05) is 25.1 Å². The lowest BCUT2D eigenvalue weighted by Crippen LogP contribution is -2.49. The molecule has 162 valence electrons. The lowest BCUT2D eigenvalue weighted by molar-refractivity contribution is -0.388. The topological polar surface area (TPSA) is 84.5 Å². The Morgan fingerprint density at radius 1 is 1.20 bits per heavy atom. The van der Waals surface area contributed by atoms with Gasteiger partial charge in [0.1, 0.15) is 12.2 Å². The van der Waals surface area contributed by atoms with E-state index in [1.165, 1.54) is 11.1 Å². The highest BCUT2D eigenvalue weighted by molar-refractivity contribution is 5.76. The molecule has 1 aromatic carbocycles. The first-order valence-corrected chi connectivity index (χ1v) is 9.41. The average molecular weight is 425 g/mol. The van der Waals surface area contributed by atoms with Crippen LogP contribution in [0, 0.1) is 24.0 Å². The van der Waals surface area contributed by atoms with Crippen molar-refractivity contribution < 1.29 is 22.9 Å². The molecule has 1 amide bonds. The monoisotopic (exact) mass is 425 g/mol. The van der Waals surface area contributed by atoms with Crippen LogP contribution >= 0.6 is 0 Å². The minimum absolute atomic E-state index is 0.293. The molecule has 3 rings (SSSR count). The summed E-state index contributed by atoms with van der Waals surface area (Å²) < 4.78 is 39.9. The molecular weight excluding hydrogens is 403 g/mol. The van der Waals surface area contributed by atoms with Crippen LogP contribution in [0.15, 0.2) is 24.3 Å². The Kier molecular flexibility index (Phi) is 6.11. The number of hydrogen-bond acceptors (Lipinski definition) is 5. The lowest BCUT2D eigenvalue weighted by Gasteiger charge is -2.34. The van der Waals surface area contributed by atoms with E-state index in [-0.39, 0.29) is 5.69 Å². The second kappa shape index (κ2) is 8.42. The molecule has 2 heterocycles. The van der Waals surface area contributed by atoms with E-state index in [4.69, 9.17) is 0 Å². The number of nitro groups is 1. The molecule has 0 atom stereocenters. The van der Waals surface area contributed by atoms with E-state index in [9.17, 15) is 28.1 Å². The highest BCUT2D eigenvalue weighted by Crippen LogP contribution is 2.36. The molecule has 0 saturated carbocycles. The van der Waals surface area contributed by atoms with Gasteiger partial charge in [-0.15, -0.1) is 0 Å². The van der Waals surface area contributed by atoms with Gasteiger partial charge in [0, 0.05) is 32.7 Å². The van der Waals surface area contributed by atoms with Crippen molar-refractivity contribution in [2.24, 2.45) is 0 Å². The number of alkyl halides is 3. The van der Waals surface area contributed by atoms with Crippen molar-refractivity contribution in [2.45, 2.75) is 33.1 Å². The van der Waals surface area contributed by atoms with Crippen LogP contribution in [0.2, 0.25) is 0 Å². The minimum atomic E-state index is -4.97. The van der Waals surface area contributed by atoms with Gasteiger partial charge in [-0.25, -0.2) is 0 Å². The largest absolute Gasteiger partial charge is 0.442 e. The Morgan fingerprint density at radius 3 is 2.40 bits per heavy atom. The van der Waals surface area contributed by atoms with Crippen LogP contribution in [0.4, 0.5) is 18.9 Å². The molecule has 1 aromatic heterocycles. The number of aromatic nitrogens is 2. The predicted octanol–water partition coefficient (Wildman–Crippen LogP) is 2.77. The van der Waals surface area contributed by atoms with E-state index in [0.717, 1.165) is 18.2 Å². The third kappa shape index (κ3) is 4.78. The number of amides is 1. The molecule has 1 saturated heterocycles. The zero-order valence-electron chi connectivity index (χ0n) is 16.6. The number of aryl methyl sites for hydroxylation is 1. The van der Waals surface area contributed by atoms with Gasteiger partial charge < -0.3 is 4.90 Å². The lowest BCUT2D eigenvalue weighted by atomic mass is 10.1. The van der Waals surface area contributed by atoms with Crippen LogP contribution in [0.1, 0.15) is 22.5 Å². The molecule has 0 N–H and O–H groups in total. The van der Waals surface area contributed by atoms with Crippen LogP contribution < -0.4 is 0 Å². The number of nitrogens with zero attached hydrogens (tertiary/aromatic N) is 5. The fraction of sp³-hybridized carbons (Fsp3) is 0.474. The maximum absolute atomic E-state index is 13.1. The van der Waals surface area contributed by atoms with Crippen LogP contribution in [0.5, 0.6) is 0 Å². The number of rotatable bonds is 5. The summed E-state index contributed by atoms with van der Waals surface area (Å²) in [6.45, 7) is 5.58. The van der Waals surface area contributed by atoms with E-state index >= 15 is 0 Å². The molecule has 1 aliphatic heterocycles. The van der Waals surface area contributed by atoms with Gasteiger partial charge in [0.15, 0.2) is 0 Å². The first-order valence-electron chi connectivity index (χ1n) is 9.41. The highest BCUT2D eigenvalue weighted by Gasteiger charge is 2.44. The Bertz CT molecular complexity index is 949. The first kappa shape index (κ1) is 21.8. The number of halogens is 3. The molecule has 0 radical (unpaired) electrons. The second-order valence-corrected chi connectivity index (χ2v) is 7.34. The van der Waals surface area contributed by atoms with Gasteiger partial charge in [-0.05, 0) is 19.4 Å². The van der Waals surface area contributed by atoms with E-state index in [1.54, 1.807) is 4.90 Å². The predicted molar refractivity (Wildman–Crippen MR) is 102 cm³/mol. The summed E-state index contributed by atoms with van der Waals surface area (Å²) in [6.07, 6.45) is -4.97. The number of piperazine rings is 1. The van der Waals surface area contributed by atoms with Crippen molar-refractivity contribution in [1.82, 2.24) is 19.6 Å². The molecule has 2 aromatic rings. The molecule has 0 unspecified atom stereocenters. The molecule has 30 heavy (non-hydrogen) atoms. The van der Waals surface area contributed by atoms with Gasteiger partial charge in [0.2, 0.25) is 11.6 Å². The first-order chi connectivity index (χ1) is 14.1. The van der Waals surface area contributed by atoms with E-state index < -0.39 is 34.9 Å². The summed E-state index contributed by atoms with van der Waals surface area (Å²) in [4.78, 5) is 26.2. The average Bonchev–Trinajstić information content (AvgIpc) is 2.99. The zero-order chi connectivity index (χ0) is 22.1. The number of benzene rings is 1. The van der Waals surface area contributed by atoms with Crippen LogP contribution in [-0.4, -0.2) is 56.6 Å². The second-order valence-electron chi connectivity index (χ2n) is 7.34.